The molecule has 2 rings (SSSR count). The molecule has 5 nitrogen and oxygen atoms in total. The lowest BCUT2D eigenvalue weighted by Crippen LogP contribution is -2.62. The fourth-order valence-corrected chi connectivity index (χ4v) is 7.13. The molecule has 2 N–H and O–H groups in total. The summed E-state index contributed by atoms with van der Waals surface area (Å²) in [6.07, 6.45) is 20.3. The third kappa shape index (κ3) is 13.5. The number of ether oxygens (including phenoxy) is 1. The zero-order chi connectivity index (χ0) is 27.2. The minimum absolute atomic E-state index is 0.0903. The van der Waals surface area contributed by atoms with Crippen LogP contribution in [0.3, 0.4) is 0 Å². The van der Waals surface area contributed by atoms with Gasteiger partial charge in [-0.1, -0.05) is 90.4 Å². The highest BCUT2D eigenvalue weighted by molar-refractivity contribution is 7.89. The van der Waals surface area contributed by atoms with E-state index in [9.17, 15) is 8.42 Å². The molecule has 0 unspecified atom stereocenters. The van der Waals surface area contributed by atoms with Crippen molar-refractivity contribution in [2.24, 2.45) is 0 Å². The van der Waals surface area contributed by atoms with Gasteiger partial charge in [0.15, 0.2) is 0 Å². The van der Waals surface area contributed by atoms with E-state index in [2.05, 4.69) is 44.7 Å². The summed E-state index contributed by atoms with van der Waals surface area (Å²) in [6.45, 7) is 11.5. The van der Waals surface area contributed by atoms with Crippen molar-refractivity contribution < 1.29 is 13.2 Å². The summed E-state index contributed by atoms with van der Waals surface area (Å²) in [5.41, 5.74) is -0.222. The first-order chi connectivity index (χ1) is 17.5. The molecule has 1 saturated heterocycles. The SMILES string of the molecule is CCCCCCCCCCCCCCCCOc1ccc(S(=O)(=O)NC2CC(C)(C)NC(C)(C)C2)cc1. The molecular formula is C31H56N2O3S. The Balaban J connectivity index is 1.56. The summed E-state index contributed by atoms with van der Waals surface area (Å²) in [4.78, 5) is 0.297. The van der Waals surface area contributed by atoms with Gasteiger partial charge in [-0.05, 0) is 71.2 Å². The summed E-state index contributed by atoms with van der Waals surface area (Å²) >= 11 is 0. The van der Waals surface area contributed by atoms with Crippen molar-refractivity contribution in [3.05, 3.63) is 24.3 Å². The monoisotopic (exact) mass is 536 g/mol. The molecule has 0 aromatic heterocycles. The second-order valence-corrected chi connectivity index (χ2v) is 14.2. The van der Waals surface area contributed by atoms with Crippen LogP contribution < -0.4 is 14.8 Å². The normalized spacial score (nSPS) is 17.6. The summed E-state index contributed by atoms with van der Waals surface area (Å²) in [7, 11) is -3.56. The van der Waals surface area contributed by atoms with E-state index in [4.69, 9.17) is 4.74 Å². The zero-order valence-corrected chi connectivity index (χ0v) is 25.4. The predicted molar refractivity (Wildman–Crippen MR) is 157 cm³/mol. The number of benzene rings is 1. The van der Waals surface area contributed by atoms with E-state index in [0.29, 0.717) is 11.5 Å². The first-order valence-corrected chi connectivity index (χ1v) is 16.6. The molecule has 0 bridgehead atoms. The second-order valence-electron chi connectivity index (χ2n) is 12.5. The molecule has 1 aromatic carbocycles. The van der Waals surface area contributed by atoms with Gasteiger partial charge in [0, 0.05) is 17.1 Å². The van der Waals surface area contributed by atoms with Crippen molar-refractivity contribution in [3.63, 3.8) is 0 Å². The summed E-state index contributed by atoms with van der Waals surface area (Å²) < 4.78 is 34.7. The molecule has 37 heavy (non-hydrogen) atoms. The van der Waals surface area contributed by atoms with Crippen molar-refractivity contribution in [2.45, 2.75) is 159 Å². The molecule has 1 aromatic rings. The number of rotatable bonds is 19. The Hall–Kier alpha value is -1.11. The van der Waals surface area contributed by atoms with Crippen LogP contribution in [0, 0.1) is 0 Å². The molecule has 0 spiro atoms. The van der Waals surface area contributed by atoms with Crippen molar-refractivity contribution in [1.82, 2.24) is 10.0 Å². The average molecular weight is 537 g/mol. The van der Waals surface area contributed by atoms with E-state index in [-0.39, 0.29) is 17.1 Å². The zero-order valence-electron chi connectivity index (χ0n) is 24.5. The topological polar surface area (TPSA) is 67.4 Å². The van der Waals surface area contributed by atoms with Gasteiger partial charge in [0.1, 0.15) is 5.75 Å². The van der Waals surface area contributed by atoms with Crippen molar-refractivity contribution in [3.8, 4) is 5.75 Å². The van der Waals surface area contributed by atoms with Gasteiger partial charge in [-0.15, -0.1) is 0 Å². The van der Waals surface area contributed by atoms with Crippen LogP contribution in [0.4, 0.5) is 0 Å². The maximum atomic E-state index is 13.0. The molecule has 6 heteroatoms. The van der Waals surface area contributed by atoms with Crippen molar-refractivity contribution in [2.75, 3.05) is 6.61 Å². The summed E-state index contributed by atoms with van der Waals surface area (Å²) in [6, 6.07) is 6.76. The Labute approximate surface area is 229 Å². The molecule has 1 heterocycles. The molecule has 0 amide bonds. The lowest BCUT2D eigenvalue weighted by Gasteiger charge is -2.46. The quantitative estimate of drug-likeness (QED) is 0.175. The average Bonchev–Trinajstić information content (AvgIpc) is 2.79. The van der Waals surface area contributed by atoms with E-state index in [1.807, 2.05) is 0 Å². The van der Waals surface area contributed by atoms with Crippen LogP contribution in [-0.4, -0.2) is 32.1 Å². The first-order valence-electron chi connectivity index (χ1n) is 15.1. The van der Waals surface area contributed by atoms with Crippen LogP contribution in [0.5, 0.6) is 5.75 Å². The largest absolute Gasteiger partial charge is 0.494 e. The van der Waals surface area contributed by atoms with E-state index in [1.54, 1.807) is 24.3 Å². The fraction of sp³-hybridized carbons (Fsp3) is 0.806. The number of unbranched alkanes of at least 4 members (excludes halogenated alkanes) is 13. The number of hydrogen-bond acceptors (Lipinski definition) is 4. The Kier molecular flexibility index (Phi) is 14.0. The van der Waals surface area contributed by atoms with Gasteiger partial charge in [-0.25, -0.2) is 13.1 Å². The van der Waals surface area contributed by atoms with Gasteiger partial charge in [0.2, 0.25) is 10.0 Å². The maximum Gasteiger partial charge on any atom is 0.240 e. The standard InChI is InChI=1S/C31H56N2O3S/c1-6-7-8-9-10-11-12-13-14-15-16-17-18-19-24-36-28-20-22-29(23-21-28)37(34,35)32-27-25-30(2,3)33-31(4,5)26-27/h20-23,27,32-33H,6-19,24-26H2,1-5H3. The Morgan fingerprint density at radius 2 is 1.19 bits per heavy atom. The molecular weight excluding hydrogens is 480 g/mol. The molecule has 214 valence electrons. The Bertz CT molecular complexity index is 834. The third-order valence-electron chi connectivity index (χ3n) is 7.41. The van der Waals surface area contributed by atoms with E-state index in [0.717, 1.165) is 25.0 Å². The highest BCUT2D eigenvalue weighted by Crippen LogP contribution is 2.29. The molecule has 1 aliphatic rings. The van der Waals surface area contributed by atoms with Crippen molar-refractivity contribution >= 4 is 10.0 Å². The van der Waals surface area contributed by atoms with Crippen LogP contribution in [0.1, 0.15) is 137 Å². The van der Waals surface area contributed by atoms with Crippen molar-refractivity contribution in [1.29, 1.82) is 0 Å². The Morgan fingerprint density at radius 3 is 1.65 bits per heavy atom. The van der Waals surface area contributed by atoms with Crippen LogP contribution >= 0.6 is 0 Å². The molecule has 0 atom stereocenters. The number of hydrogen-bond donors (Lipinski definition) is 2. The highest BCUT2D eigenvalue weighted by atomic mass is 32.2. The van der Waals surface area contributed by atoms with Gasteiger partial charge < -0.3 is 10.1 Å². The smallest absolute Gasteiger partial charge is 0.240 e. The summed E-state index contributed by atoms with van der Waals surface area (Å²) in [5, 5.41) is 3.60. The predicted octanol–water partition coefficient (Wildman–Crippen LogP) is 8.13. The Morgan fingerprint density at radius 1 is 0.757 bits per heavy atom. The number of nitrogens with one attached hydrogen (secondary N) is 2. The van der Waals surface area contributed by atoms with Gasteiger partial charge >= 0.3 is 0 Å². The number of sulfonamides is 1. The van der Waals surface area contributed by atoms with E-state index in [1.165, 1.54) is 83.5 Å². The van der Waals surface area contributed by atoms with Gasteiger partial charge in [-0.3, -0.25) is 0 Å². The minimum atomic E-state index is -3.56. The van der Waals surface area contributed by atoms with Crippen LogP contribution in [0.25, 0.3) is 0 Å². The molecule has 1 aliphatic heterocycles. The fourth-order valence-electron chi connectivity index (χ4n) is 5.89. The first kappa shape index (κ1) is 32.1. The van der Waals surface area contributed by atoms with Crippen LogP contribution in [0.15, 0.2) is 29.2 Å². The van der Waals surface area contributed by atoms with Gasteiger partial charge in [0.05, 0.1) is 11.5 Å². The molecule has 0 radical (unpaired) electrons. The molecule has 1 fully saturated rings. The second kappa shape index (κ2) is 16.1. The van der Waals surface area contributed by atoms with E-state index < -0.39 is 10.0 Å². The van der Waals surface area contributed by atoms with Crippen LogP contribution in [-0.2, 0) is 10.0 Å². The summed E-state index contributed by atoms with van der Waals surface area (Å²) in [5.74, 6) is 0.734. The minimum Gasteiger partial charge on any atom is -0.494 e. The maximum absolute atomic E-state index is 13.0. The number of piperidine rings is 1. The van der Waals surface area contributed by atoms with Gasteiger partial charge in [0.25, 0.3) is 0 Å². The third-order valence-corrected chi connectivity index (χ3v) is 8.95. The lowest BCUT2D eigenvalue weighted by molar-refractivity contribution is 0.157. The highest BCUT2D eigenvalue weighted by Gasteiger charge is 2.39. The lowest BCUT2D eigenvalue weighted by atomic mass is 9.80. The molecule has 0 saturated carbocycles. The van der Waals surface area contributed by atoms with Gasteiger partial charge in [-0.2, -0.15) is 0 Å². The van der Waals surface area contributed by atoms with Crippen LogP contribution in [0.2, 0.25) is 0 Å². The molecule has 0 aliphatic carbocycles. The van der Waals surface area contributed by atoms with E-state index >= 15 is 0 Å².